The average molecular weight is 473 g/mol. The van der Waals surface area contributed by atoms with Gasteiger partial charge < -0.3 is 0 Å². The molecule has 1 aromatic carbocycles. The van der Waals surface area contributed by atoms with Gasteiger partial charge in [0.25, 0.3) is 11.2 Å². The summed E-state index contributed by atoms with van der Waals surface area (Å²) in [6.45, 7) is 12.7. The third-order valence-electron chi connectivity index (χ3n) is 3.93. The van der Waals surface area contributed by atoms with Crippen LogP contribution in [0, 0.1) is 13.8 Å². The van der Waals surface area contributed by atoms with Crippen molar-refractivity contribution in [1.29, 1.82) is 0 Å². The maximum atomic E-state index is 10.5. The van der Waals surface area contributed by atoms with E-state index in [2.05, 4.69) is 17.6 Å². The maximum absolute atomic E-state index is 10.5. The smallest absolute Gasteiger partial charge is 0.291 e. The van der Waals surface area contributed by atoms with Crippen molar-refractivity contribution in [2.24, 2.45) is 17.6 Å². The van der Waals surface area contributed by atoms with Crippen LogP contribution in [0.1, 0.15) is 52.7 Å². The van der Waals surface area contributed by atoms with E-state index in [1.807, 2.05) is 0 Å². The van der Waals surface area contributed by atoms with Crippen LogP contribution in [0.4, 0.5) is 0 Å². The number of hydrogen-bond donors (Lipinski definition) is 0. The van der Waals surface area contributed by atoms with Crippen molar-refractivity contribution in [3.63, 3.8) is 0 Å². The van der Waals surface area contributed by atoms with E-state index >= 15 is 0 Å². The van der Waals surface area contributed by atoms with Gasteiger partial charge in [-0.15, -0.1) is 8.80 Å². The molecule has 2 aliphatic rings. The molecule has 170 valence electrons. The molecule has 0 amide bonds. The average Bonchev–Trinajstić information content (AvgIpc) is 3.08. The fourth-order valence-electron chi connectivity index (χ4n) is 1.50. The SMILES string of the molecule is CC(=O)C(C)=O.CC1=NS(=O)(=O)N=C1C.CC1=NS(=O)N=C1C.Cc1c(C)c(=O)c1=O. The zero-order valence-corrected chi connectivity index (χ0v) is 20.1. The second-order valence-electron chi connectivity index (χ2n) is 6.41. The van der Waals surface area contributed by atoms with Gasteiger partial charge in [-0.1, -0.05) is 0 Å². The fraction of sp³-hybridized carbons (Fsp3) is 0.444. The highest BCUT2D eigenvalue weighted by atomic mass is 32.2. The van der Waals surface area contributed by atoms with Gasteiger partial charge in [0.05, 0.1) is 22.8 Å². The van der Waals surface area contributed by atoms with Crippen molar-refractivity contribution < 1.29 is 22.2 Å². The number of nitrogens with zero attached hydrogens (tertiary/aromatic N) is 4. The Bertz CT molecular complexity index is 1130. The monoisotopic (exact) mass is 472 g/mol. The molecule has 0 bridgehead atoms. The van der Waals surface area contributed by atoms with E-state index in [0.717, 1.165) is 11.4 Å². The van der Waals surface area contributed by atoms with E-state index in [1.54, 1.807) is 41.5 Å². The highest BCUT2D eigenvalue weighted by Crippen LogP contribution is 2.05. The normalized spacial score (nSPS) is 16.3. The van der Waals surface area contributed by atoms with Crippen LogP contribution >= 0.6 is 0 Å². The Labute approximate surface area is 182 Å². The highest BCUT2D eigenvalue weighted by Gasteiger charge is 2.15. The summed E-state index contributed by atoms with van der Waals surface area (Å²) in [7, 11) is -3.47. The summed E-state index contributed by atoms with van der Waals surface area (Å²) in [6, 6.07) is 0. The molecule has 1 aromatic rings. The van der Waals surface area contributed by atoms with Crippen LogP contribution in [0.25, 0.3) is 0 Å². The molecule has 0 fully saturated rings. The van der Waals surface area contributed by atoms with Gasteiger partial charge >= 0.3 is 10.2 Å². The molecule has 13 heteroatoms. The number of carbonyl (C=O) groups is 2. The summed E-state index contributed by atoms with van der Waals surface area (Å²) in [5, 5.41) is 0. The molecule has 0 aromatic heterocycles. The summed E-state index contributed by atoms with van der Waals surface area (Å²) in [5.41, 5.74) is 3.13. The number of ketones is 2. The van der Waals surface area contributed by atoms with Crippen molar-refractivity contribution in [3.05, 3.63) is 31.6 Å². The third-order valence-corrected chi connectivity index (χ3v) is 5.80. The van der Waals surface area contributed by atoms with Crippen molar-refractivity contribution in [3.8, 4) is 0 Å². The first-order chi connectivity index (χ1) is 14.0. The molecule has 0 saturated carbocycles. The lowest BCUT2D eigenvalue weighted by Crippen LogP contribution is -2.36. The molecular weight excluding hydrogens is 448 g/mol. The Kier molecular flexibility index (Phi) is 10.5. The number of Topliss-reactive ketones (excluding diaryl/α,β-unsaturated/α-hetero) is 2. The van der Waals surface area contributed by atoms with Crippen LogP contribution in [-0.2, 0) is 31.0 Å². The van der Waals surface area contributed by atoms with Gasteiger partial charge in [-0.25, -0.2) is 4.21 Å². The van der Waals surface area contributed by atoms with Gasteiger partial charge in [0, 0.05) is 25.0 Å². The first kappa shape index (κ1) is 28.2. The predicted molar refractivity (Wildman–Crippen MR) is 122 cm³/mol. The van der Waals surface area contributed by atoms with Gasteiger partial charge in [0.1, 0.15) is 0 Å². The molecule has 0 spiro atoms. The minimum atomic E-state index is -3.47. The second-order valence-corrected chi connectivity index (χ2v) is 8.49. The van der Waals surface area contributed by atoms with Crippen LogP contribution in [0.15, 0.2) is 27.2 Å². The lowest BCUT2D eigenvalue weighted by molar-refractivity contribution is -0.134. The summed E-state index contributed by atoms with van der Waals surface area (Å²) < 4.78 is 45.2. The first-order valence-corrected chi connectivity index (χ1v) is 11.2. The van der Waals surface area contributed by atoms with Gasteiger partial charge in [0.15, 0.2) is 11.6 Å². The van der Waals surface area contributed by atoms with Crippen LogP contribution in [0.3, 0.4) is 0 Å². The molecule has 2 heterocycles. The summed E-state index contributed by atoms with van der Waals surface area (Å²) in [6.07, 6.45) is 0. The standard InChI is InChI=1S/C6H6O2.C4H6N2O2S.C4H6N2OS.C4H6O2/c1-3-4(2)6(8)5(3)7;1-3-4(2)6-9(7,8)5-3;1-3-4(2)6-8(7)5-3;1-3(5)4(2)6/h1-2H3;1-2H3;1-2H3;1-2H3. The van der Waals surface area contributed by atoms with E-state index in [0.29, 0.717) is 22.6 Å². The maximum Gasteiger partial charge on any atom is 0.363 e. The molecule has 0 N–H and O–H groups in total. The number of rotatable bonds is 1. The van der Waals surface area contributed by atoms with Crippen molar-refractivity contribution >= 4 is 55.8 Å². The minimum absolute atomic E-state index is 0.317. The number of hydrogen-bond acceptors (Lipinski definition) is 7. The van der Waals surface area contributed by atoms with Crippen LogP contribution < -0.4 is 10.9 Å². The zero-order valence-electron chi connectivity index (χ0n) is 18.5. The molecule has 0 saturated heterocycles. The molecule has 3 rings (SSSR count). The molecule has 0 atom stereocenters. The highest BCUT2D eigenvalue weighted by molar-refractivity contribution is 7.89. The second kappa shape index (κ2) is 11.6. The molecule has 11 nitrogen and oxygen atoms in total. The van der Waals surface area contributed by atoms with E-state index in [4.69, 9.17) is 0 Å². The lowest BCUT2D eigenvalue weighted by atomic mass is 10.1. The molecule has 0 unspecified atom stereocenters. The van der Waals surface area contributed by atoms with Gasteiger partial charge in [-0.3, -0.25) is 19.2 Å². The Hall–Kier alpha value is -2.80. The number of carbonyl (C=O) groups excluding carboxylic acids is 2. The largest absolute Gasteiger partial charge is 0.363 e. The fourth-order valence-corrected chi connectivity index (χ4v) is 3.27. The predicted octanol–water partition coefficient (Wildman–Crippen LogP) is 0.731. The van der Waals surface area contributed by atoms with Gasteiger partial charge in [-0.05, 0) is 41.5 Å². The van der Waals surface area contributed by atoms with Crippen LogP contribution in [-0.4, -0.2) is 47.0 Å². The first-order valence-electron chi connectivity index (χ1n) is 8.69. The quantitative estimate of drug-likeness (QED) is 0.542. The molecule has 31 heavy (non-hydrogen) atoms. The molecule has 0 radical (unpaired) electrons. The Morgan fingerprint density at radius 2 is 0.968 bits per heavy atom. The third kappa shape index (κ3) is 9.26. The molecule has 2 aliphatic heterocycles. The Morgan fingerprint density at radius 1 is 0.677 bits per heavy atom. The van der Waals surface area contributed by atoms with Gasteiger partial charge in [0.2, 0.25) is 10.9 Å². The lowest BCUT2D eigenvalue weighted by Gasteiger charge is -1.95. The topological polar surface area (TPSA) is 169 Å². The van der Waals surface area contributed by atoms with Crippen LogP contribution in [0.2, 0.25) is 0 Å². The van der Waals surface area contributed by atoms with E-state index in [9.17, 15) is 31.8 Å². The molecular formula is C18H24N4O7S2. The van der Waals surface area contributed by atoms with E-state index in [-0.39, 0.29) is 22.4 Å². The van der Waals surface area contributed by atoms with Crippen molar-refractivity contribution in [2.75, 3.05) is 0 Å². The van der Waals surface area contributed by atoms with E-state index in [1.165, 1.54) is 13.8 Å². The van der Waals surface area contributed by atoms with Gasteiger partial charge in [-0.2, -0.15) is 17.2 Å². The Balaban J connectivity index is 0.000000391. The summed E-state index contributed by atoms with van der Waals surface area (Å²) >= 11 is -1.31. The van der Waals surface area contributed by atoms with Crippen LogP contribution in [0.5, 0.6) is 0 Å². The summed E-state index contributed by atoms with van der Waals surface area (Å²) in [4.78, 5) is 40.3. The Morgan fingerprint density at radius 3 is 1.06 bits per heavy atom. The van der Waals surface area contributed by atoms with E-state index < -0.39 is 21.4 Å². The summed E-state index contributed by atoms with van der Waals surface area (Å²) in [5.74, 6) is -0.759. The zero-order chi connectivity index (χ0) is 24.7. The van der Waals surface area contributed by atoms with Crippen molar-refractivity contribution in [2.45, 2.75) is 55.4 Å². The van der Waals surface area contributed by atoms with Crippen molar-refractivity contribution in [1.82, 2.24) is 0 Å². The minimum Gasteiger partial charge on any atom is -0.291 e. The molecule has 0 aliphatic carbocycles.